The van der Waals surface area contributed by atoms with Crippen LogP contribution in [0.4, 0.5) is 0 Å². The molecule has 3 rings (SSSR count). The van der Waals surface area contributed by atoms with Crippen LogP contribution in [0.2, 0.25) is 0 Å². The Morgan fingerprint density at radius 3 is 2.79 bits per heavy atom. The van der Waals surface area contributed by atoms with Crippen molar-refractivity contribution in [1.82, 2.24) is 10.2 Å². The summed E-state index contributed by atoms with van der Waals surface area (Å²) < 4.78 is 0. The van der Waals surface area contributed by atoms with Gasteiger partial charge in [-0.1, -0.05) is 12.8 Å². The van der Waals surface area contributed by atoms with Crippen molar-refractivity contribution in [2.75, 3.05) is 19.6 Å². The number of hydrogen-bond acceptors (Lipinski definition) is 3. The van der Waals surface area contributed by atoms with Gasteiger partial charge in [0.15, 0.2) is 0 Å². The Bertz CT molecular complexity index is 338. The lowest BCUT2D eigenvalue weighted by atomic mass is 9.75. The number of carbonyl (C=O) groups is 1. The molecule has 4 nitrogen and oxygen atoms in total. The van der Waals surface area contributed by atoms with Crippen LogP contribution in [0.3, 0.4) is 0 Å². The van der Waals surface area contributed by atoms with Crippen LogP contribution in [0.1, 0.15) is 47.8 Å². The maximum absolute atomic E-state index is 11.6. The van der Waals surface area contributed by atoms with Gasteiger partial charge in [0.1, 0.15) is 0 Å². The zero-order valence-electron chi connectivity index (χ0n) is 11.7. The monoisotopic (exact) mass is 270 g/mol. The van der Waals surface area contributed by atoms with Gasteiger partial charge >= 0.3 is 5.97 Å². The van der Waals surface area contributed by atoms with E-state index in [1.165, 1.54) is 32.1 Å². The summed E-state index contributed by atoms with van der Waals surface area (Å²) in [5, 5.41) is 13.2. The van der Waals surface area contributed by atoms with Gasteiger partial charge in [-0.15, -0.1) is 0 Å². The first kappa shape index (κ1) is 13.4. The summed E-state index contributed by atoms with van der Waals surface area (Å²) in [7, 11) is 0. The molecule has 4 atom stereocenters. The minimum atomic E-state index is -0.572. The van der Waals surface area contributed by atoms with Gasteiger partial charge in [-0.2, -0.15) is 0 Å². The second kappa shape index (κ2) is 5.80. The van der Waals surface area contributed by atoms with Crippen LogP contribution in [0.15, 0.2) is 0 Å². The number of carboxylic acid groups (broad SMARTS) is 1. The number of piperidine rings is 3. The first-order valence-electron chi connectivity index (χ1n) is 7.96. The van der Waals surface area contributed by atoms with Crippen molar-refractivity contribution >= 4 is 5.97 Å². The normalized spacial score (nSPS) is 40.6. The Morgan fingerprint density at radius 2 is 2.05 bits per heavy atom. The van der Waals surface area contributed by atoms with Crippen LogP contribution in [-0.2, 0) is 4.79 Å². The molecule has 0 saturated carbocycles. The second-order valence-electron chi connectivity index (χ2n) is 6.55. The predicted molar refractivity (Wildman–Crippen MR) is 78.3 cm³/mol. The largest absolute Gasteiger partial charge is 0.481 e. The molecule has 3 unspecified atom stereocenters. The van der Waals surface area contributed by atoms with Gasteiger partial charge in [0, 0.05) is 21.5 Å². The van der Waals surface area contributed by atoms with Gasteiger partial charge in [0.05, 0.1) is 5.92 Å². The average Bonchev–Trinajstić information content (AvgIpc) is 2.47. The van der Waals surface area contributed by atoms with Gasteiger partial charge in [-0.25, -0.2) is 0 Å². The number of aliphatic carboxylic acids is 1. The Labute approximate surface area is 118 Å². The van der Waals surface area contributed by atoms with Gasteiger partial charge in [0.25, 0.3) is 0 Å². The summed E-state index contributed by atoms with van der Waals surface area (Å²) in [6.45, 7) is 3.34. The van der Waals surface area contributed by atoms with E-state index in [9.17, 15) is 9.90 Å². The molecular formula is C15H30N2O2. The van der Waals surface area contributed by atoms with Gasteiger partial charge in [-0.05, 0) is 51.1 Å². The Kier molecular flexibility index (Phi) is 4.08. The molecule has 3 heterocycles. The highest BCUT2D eigenvalue weighted by molar-refractivity contribution is 5.71. The molecule has 0 aromatic heterocycles. The van der Waals surface area contributed by atoms with E-state index in [1.807, 2.05) is 0 Å². The van der Waals surface area contributed by atoms with Crippen LogP contribution >= 0.6 is 0 Å². The smallest absolute Gasteiger partial charge is 0.308 e. The Morgan fingerprint density at radius 1 is 1.21 bits per heavy atom. The lowest BCUT2D eigenvalue weighted by molar-refractivity contribution is -0.148. The average molecular weight is 270 g/mol. The molecule has 2 N–H and O–H groups in total. The topological polar surface area (TPSA) is 52.6 Å². The molecule has 3 aliphatic heterocycles. The summed E-state index contributed by atoms with van der Waals surface area (Å²) in [5.74, 6) is -0.170. The summed E-state index contributed by atoms with van der Waals surface area (Å²) in [6, 6.07) is 0.865. The van der Waals surface area contributed by atoms with Crippen LogP contribution in [0, 0.1) is 11.8 Å². The third kappa shape index (κ3) is 2.79. The SMILES string of the molecule is O=C(O)C1CC([C@H]2CCCCN2)CN2CCCCC12.[HH].[HH]. The zero-order chi connectivity index (χ0) is 13.2. The molecule has 4 heteroatoms. The van der Waals surface area contributed by atoms with Crippen LogP contribution in [0.25, 0.3) is 0 Å². The predicted octanol–water partition coefficient (Wildman–Crippen LogP) is 2.20. The van der Waals surface area contributed by atoms with Crippen molar-refractivity contribution in [3.05, 3.63) is 0 Å². The molecule has 0 amide bonds. The van der Waals surface area contributed by atoms with E-state index in [-0.39, 0.29) is 8.77 Å². The van der Waals surface area contributed by atoms with E-state index in [0.29, 0.717) is 18.0 Å². The number of nitrogens with zero attached hydrogens (tertiary/aromatic N) is 1. The lowest BCUT2D eigenvalue weighted by Crippen LogP contribution is -2.57. The summed E-state index contributed by atoms with van der Waals surface area (Å²) in [4.78, 5) is 14.1. The van der Waals surface area contributed by atoms with Gasteiger partial charge < -0.3 is 10.4 Å². The third-order valence-corrected chi connectivity index (χ3v) is 5.39. The maximum atomic E-state index is 11.6. The molecule has 0 bridgehead atoms. The summed E-state index contributed by atoms with van der Waals surface area (Å²) in [6.07, 6.45) is 8.23. The first-order valence-corrected chi connectivity index (χ1v) is 7.96. The van der Waals surface area contributed by atoms with E-state index >= 15 is 0 Å². The van der Waals surface area contributed by atoms with E-state index in [2.05, 4.69) is 10.2 Å². The fourth-order valence-electron chi connectivity index (χ4n) is 4.40. The van der Waals surface area contributed by atoms with E-state index in [4.69, 9.17) is 0 Å². The van der Waals surface area contributed by atoms with E-state index in [0.717, 1.165) is 32.5 Å². The molecule has 0 aromatic rings. The van der Waals surface area contributed by atoms with Crippen molar-refractivity contribution in [2.45, 2.75) is 57.0 Å². The quantitative estimate of drug-likeness (QED) is 0.807. The first-order chi connectivity index (χ1) is 9.25. The molecule has 0 aromatic carbocycles. The molecule has 3 fully saturated rings. The van der Waals surface area contributed by atoms with Crippen LogP contribution in [-0.4, -0.2) is 47.7 Å². The van der Waals surface area contributed by atoms with Crippen molar-refractivity contribution < 1.29 is 12.8 Å². The highest BCUT2D eigenvalue weighted by Crippen LogP contribution is 2.36. The van der Waals surface area contributed by atoms with Gasteiger partial charge in [0.2, 0.25) is 0 Å². The van der Waals surface area contributed by atoms with E-state index in [1.54, 1.807) is 0 Å². The van der Waals surface area contributed by atoms with E-state index < -0.39 is 5.97 Å². The molecule has 0 spiro atoms. The van der Waals surface area contributed by atoms with Crippen LogP contribution < -0.4 is 5.32 Å². The van der Waals surface area contributed by atoms with Crippen molar-refractivity contribution in [3.63, 3.8) is 0 Å². The third-order valence-electron chi connectivity index (χ3n) is 5.39. The molecule has 3 saturated heterocycles. The summed E-state index contributed by atoms with van der Waals surface area (Å²) in [5.41, 5.74) is 0. The summed E-state index contributed by atoms with van der Waals surface area (Å²) >= 11 is 0. The minimum absolute atomic E-state index is 0. The Balaban J connectivity index is 0.00000110. The molecule has 3 aliphatic rings. The zero-order valence-corrected chi connectivity index (χ0v) is 11.7. The fraction of sp³-hybridized carbons (Fsp3) is 0.933. The second-order valence-corrected chi connectivity index (χ2v) is 6.55. The Hall–Kier alpha value is -0.610. The van der Waals surface area contributed by atoms with Crippen molar-refractivity contribution in [2.24, 2.45) is 11.8 Å². The number of rotatable bonds is 2. The number of fused-ring (bicyclic) bond motifs is 1. The number of nitrogens with one attached hydrogen (secondary N) is 1. The number of carboxylic acids is 1. The highest BCUT2D eigenvalue weighted by atomic mass is 16.4. The molecule has 0 aliphatic carbocycles. The van der Waals surface area contributed by atoms with Gasteiger partial charge in [-0.3, -0.25) is 9.69 Å². The standard InChI is InChI=1S/C15H26N2O2.2H2/c18-15(19)12-9-11(13-5-1-3-7-16-13)10-17-8-4-2-6-14(12)17;;/h11-14,16H,1-10H2,(H,18,19);2*1H/t11?,12?,13-,14?;;/m1../s1. The van der Waals surface area contributed by atoms with Crippen molar-refractivity contribution in [3.8, 4) is 0 Å². The molecule has 0 radical (unpaired) electrons. The fourth-order valence-corrected chi connectivity index (χ4v) is 4.40. The molecule has 19 heavy (non-hydrogen) atoms. The highest BCUT2D eigenvalue weighted by Gasteiger charge is 2.43. The lowest BCUT2D eigenvalue weighted by Gasteiger charge is -2.48. The minimum Gasteiger partial charge on any atom is -0.481 e. The molecule has 112 valence electrons. The molecular weight excluding hydrogens is 240 g/mol. The van der Waals surface area contributed by atoms with Crippen LogP contribution in [0.5, 0.6) is 0 Å². The maximum Gasteiger partial charge on any atom is 0.308 e. The van der Waals surface area contributed by atoms with Crippen molar-refractivity contribution in [1.29, 1.82) is 0 Å². The number of hydrogen-bond donors (Lipinski definition) is 2.